The Kier molecular flexibility index (Phi) is 11.9. The first-order valence-electron chi connectivity index (χ1n) is 26.2. The summed E-state index contributed by atoms with van der Waals surface area (Å²) in [5.74, 6) is 0.234. The summed E-state index contributed by atoms with van der Waals surface area (Å²) < 4.78 is 6.31. The molecular weight excluding hydrogens is 840 g/mol. The lowest BCUT2D eigenvalue weighted by Crippen LogP contribution is -2.61. The van der Waals surface area contributed by atoms with E-state index in [-0.39, 0.29) is 40.9 Å². The van der Waals surface area contributed by atoms with Crippen molar-refractivity contribution >= 4 is 63.2 Å². The minimum atomic E-state index is -0.318. The van der Waals surface area contributed by atoms with Crippen LogP contribution in [0.3, 0.4) is 0 Å². The van der Waals surface area contributed by atoms with Crippen LogP contribution >= 0.6 is 0 Å². The number of hydrogen-bond acceptors (Lipinski definition) is 4. The Morgan fingerprint density at radius 3 is 1.54 bits per heavy atom. The number of ether oxygens (including phenoxy) is 1. The number of rotatable bonds is 6. The number of hydrogen-bond donors (Lipinski definition) is 0. The SMILES string of the molecule is CC(C)(C)c1cc(N2c3ccc(C4CCCCC4)cc3B3c4cc5c(cc4N(c4cc(C(C)(C)C)cc(C(C)(C)C)c4)c4cc(C(=O)OCc6ccccc6)cc2c43)CCCC5)cc(C(C)(C)C)c1. The maximum atomic E-state index is 14.9. The van der Waals surface area contributed by atoms with Crippen molar-refractivity contribution in [3.8, 4) is 0 Å². The average Bonchev–Trinajstić information content (AvgIpc) is 3.31. The van der Waals surface area contributed by atoms with E-state index < -0.39 is 0 Å². The van der Waals surface area contributed by atoms with Crippen LogP contribution in [-0.4, -0.2) is 12.7 Å². The second-order valence-corrected chi connectivity index (χ2v) is 25.2. The lowest BCUT2D eigenvalue weighted by molar-refractivity contribution is 0.0472. The second kappa shape index (κ2) is 17.4. The predicted molar refractivity (Wildman–Crippen MR) is 293 cm³/mol. The fourth-order valence-corrected chi connectivity index (χ4v) is 11.6. The van der Waals surface area contributed by atoms with Gasteiger partial charge in [0.25, 0.3) is 6.71 Å². The molecule has 0 unspecified atom stereocenters. The van der Waals surface area contributed by atoms with Gasteiger partial charge in [0, 0.05) is 34.1 Å². The summed E-state index contributed by atoms with van der Waals surface area (Å²) in [7, 11) is 0. The Labute approximate surface area is 415 Å². The monoisotopic (exact) mass is 915 g/mol. The van der Waals surface area contributed by atoms with E-state index in [1.54, 1.807) is 0 Å². The summed E-state index contributed by atoms with van der Waals surface area (Å²) in [6, 6.07) is 41.6. The number of fused-ring (bicyclic) bond motifs is 5. The van der Waals surface area contributed by atoms with Gasteiger partial charge >= 0.3 is 5.97 Å². The van der Waals surface area contributed by atoms with Crippen LogP contribution in [0.25, 0.3) is 0 Å². The molecule has 1 fully saturated rings. The number of carbonyl (C=O) groups excluding carboxylic acids is 1. The van der Waals surface area contributed by atoms with Crippen molar-refractivity contribution in [1.82, 2.24) is 0 Å². The number of aryl methyl sites for hydroxylation is 2. The molecule has 4 aliphatic rings. The molecule has 6 aromatic carbocycles. The van der Waals surface area contributed by atoms with Crippen molar-refractivity contribution in [3.05, 3.63) is 159 Å². The number of nitrogens with zero attached hydrogens (tertiary/aromatic N) is 2. The van der Waals surface area contributed by atoms with E-state index in [0.29, 0.717) is 11.5 Å². The van der Waals surface area contributed by atoms with Gasteiger partial charge in [-0.05, 0) is 176 Å². The first kappa shape index (κ1) is 47.1. The molecule has 1 saturated carbocycles. The van der Waals surface area contributed by atoms with Crippen LogP contribution in [0.15, 0.2) is 109 Å². The Morgan fingerprint density at radius 1 is 0.522 bits per heavy atom. The predicted octanol–water partition coefficient (Wildman–Crippen LogP) is 15.2. The summed E-state index contributed by atoms with van der Waals surface area (Å²) in [5.41, 5.74) is 21.5. The minimum Gasteiger partial charge on any atom is -0.457 e. The van der Waals surface area contributed by atoms with Gasteiger partial charge in [-0.25, -0.2) is 4.79 Å². The quantitative estimate of drug-likeness (QED) is 0.123. The van der Waals surface area contributed by atoms with E-state index in [1.807, 2.05) is 30.3 Å². The molecule has 0 aromatic heterocycles. The smallest absolute Gasteiger partial charge is 0.338 e. The third-order valence-corrected chi connectivity index (χ3v) is 15.9. The molecule has 356 valence electrons. The Hall–Kier alpha value is -5.55. The second-order valence-electron chi connectivity index (χ2n) is 25.2. The van der Waals surface area contributed by atoms with E-state index in [1.165, 1.54) is 112 Å². The summed E-state index contributed by atoms with van der Waals surface area (Å²) in [6.45, 7) is 28.1. The zero-order chi connectivity index (χ0) is 48.8. The number of esters is 1. The van der Waals surface area contributed by atoms with Crippen LogP contribution in [0.5, 0.6) is 0 Å². The lowest BCUT2D eigenvalue weighted by atomic mass is 9.33. The van der Waals surface area contributed by atoms with E-state index in [0.717, 1.165) is 41.2 Å². The fourth-order valence-electron chi connectivity index (χ4n) is 11.6. The molecular formula is C64H75BN2O2. The molecule has 2 aliphatic carbocycles. The van der Waals surface area contributed by atoms with Crippen LogP contribution in [0.4, 0.5) is 34.1 Å². The number of anilines is 6. The number of carbonyl (C=O) groups is 1. The van der Waals surface area contributed by atoms with Crippen LogP contribution in [0.2, 0.25) is 0 Å². The zero-order valence-electron chi connectivity index (χ0n) is 43.8. The third kappa shape index (κ3) is 8.98. The largest absolute Gasteiger partial charge is 0.457 e. The molecule has 0 atom stereocenters. The van der Waals surface area contributed by atoms with Crippen LogP contribution in [0, 0.1) is 0 Å². The topological polar surface area (TPSA) is 32.8 Å². The first-order valence-corrected chi connectivity index (χ1v) is 26.2. The molecule has 2 aliphatic heterocycles. The molecule has 6 aromatic rings. The molecule has 0 radical (unpaired) electrons. The van der Waals surface area contributed by atoms with Crippen molar-refractivity contribution in [1.29, 1.82) is 0 Å². The maximum absolute atomic E-state index is 14.9. The third-order valence-electron chi connectivity index (χ3n) is 15.9. The zero-order valence-corrected chi connectivity index (χ0v) is 43.8. The highest BCUT2D eigenvalue weighted by Gasteiger charge is 2.45. The summed E-state index contributed by atoms with van der Waals surface area (Å²) in [4.78, 5) is 20.0. The minimum absolute atomic E-state index is 0.0431. The van der Waals surface area contributed by atoms with Gasteiger partial charge in [0.15, 0.2) is 0 Å². The molecule has 0 N–H and O–H groups in total. The van der Waals surface area contributed by atoms with Crippen molar-refractivity contribution in [2.24, 2.45) is 0 Å². The lowest BCUT2D eigenvalue weighted by Gasteiger charge is -2.45. The van der Waals surface area contributed by atoms with E-state index in [9.17, 15) is 4.79 Å². The molecule has 0 bridgehead atoms. The van der Waals surface area contributed by atoms with E-state index >= 15 is 0 Å². The molecule has 5 heteroatoms. The van der Waals surface area contributed by atoms with Gasteiger partial charge in [-0.2, -0.15) is 0 Å². The van der Waals surface area contributed by atoms with Gasteiger partial charge in [-0.3, -0.25) is 0 Å². The molecule has 69 heavy (non-hydrogen) atoms. The van der Waals surface area contributed by atoms with Gasteiger partial charge in [-0.1, -0.05) is 163 Å². The van der Waals surface area contributed by atoms with Gasteiger partial charge in [-0.15, -0.1) is 0 Å². The molecule has 4 nitrogen and oxygen atoms in total. The highest BCUT2D eigenvalue weighted by molar-refractivity contribution is 7.00. The van der Waals surface area contributed by atoms with Crippen molar-refractivity contribution in [2.75, 3.05) is 9.80 Å². The van der Waals surface area contributed by atoms with Gasteiger partial charge < -0.3 is 14.5 Å². The Morgan fingerprint density at radius 2 is 1.01 bits per heavy atom. The van der Waals surface area contributed by atoms with Gasteiger partial charge in [0.1, 0.15) is 6.61 Å². The van der Waals surface area contributed by atoms with Crippen LogP contribution in [-0.2, 0) is 45.8 Å². The molecule has 2 heterocycles. The van der Waals surface area contributed by atoms with Crippen molar-refractivity contribution in [3.63, 3.8) is 0 Å². The van der Waals surface area contributed by atoms with Crippen LogP contribution in [0.1, 0.15) is 189 Å². The number of benzene rings is 6. The highest BCUT2D eigenvalue weighted by Crippen LogP contribution is 2.49. The van der Waals surface area contributed by atoms with Crippen LogP contribution < -0.4 is 26.2 Å². The normalized spacial score (nSPS) is 16.1. The van der Waals surface area contributed by atoms with Gasteiger partial charge in [0.05, 0.1) is 5.56 Å². The molecule has 0 amide bonds. The maximum Gasteiger partial charge on any atom is 0.338 e. The van der Waals surface area contributed by atoms with Crippen molar-refractivity contribution in [2.45, 2.75) is 175 Å². The summed E-state index contributed by atoms with van der Waals surface area (Å²) in [5, 5.41) is 0. The summed E-state index contributed by atoms with van der Waals surface area (Å²) >= 11 is 0. The van der Waals surface area contributed by atoms with Gasteiger partial charge in [0.2, 0.25) is 0 Å². The van der Waals surface area contributed by atoms with E-state index in [2.05, 4.69) is 172 Å². The van der Waals surface area contributed by atoms with E-state index in [4.69, 9.17) is 4.74 Å². The summed E-state index contributed by atoms with van der Waals surface area (Å²) in [6.07, 6.45) is 11.0. The van der Waals surface area contributed by atoms with Crippen molar-refractivity contribution < 1.29 is 9.53 Å². The standard InChI is InChI=1S/C64H75BN2O2/c1-61(2,3)47-34-48(62(4,5)6)37-51(36-47)66-55-28-27-45(42-23-17-14-18-24-42)30-53(55)65-54-29-43-25-19-20-26-44(43)31-56(54)67(52-38-49(63(7,8)9)35-50(39-52)64(10,11)12)58-33-46(32-57(66)59(58)65)60(68)69-40-41-21-15-13-16-22-41/h13,15-16,21-22,27-39,42H,14,17-20,23-26,40H2,1-12H3. The Bertz CT molecular complexity index is 2880. The highest BCUT2D eigenvalue weighted by atomic mass is 16.5. The Balaban J connectivity index is 1.32. The molecule has 0 spiro atoms. The fraction of sp³-hybridized carbons (Fsp3) is 0.422. The average molecular weight is 915 g/mol. The molecule has 0 saturated heterocycles. The first-order chi connectivity index (χ1) is 32.6. The molecule has 10 rings (SSSR count).